The molecule has 1 amide bonds. The highest BCUT2D eigenvalue weighted by Crippen LogP contribution is 2.22. The topological polar surface area (TPSA) is 76.5 Å². The van der Waals surface area contributed by atoms with E-state index in [1.807, 2.05) is 6.07 Å². The second-order valence-electron chi connectivity index (χ2n) is 8.31. The molecule has 7 nitrogen and oxygen atoms in total. The number of anilines is 1. The average molecular weight is 471 g/mol. The van der Waals surface area contributed by atoms with Gasteiger partial charge in [-0.3, -0.25) is 9.59 Å². The average Bonchev–Trinajstić information content (AvgIpc) is 2.89. The first kappa shape index (κ1) is 24.0. The van der Waals surface area contributed by atoms with E-state index in [4.69, 9.17) is 4.74 Å². The molecule has 0 aliphatic rings. The molecule has 35 heavy (non-hydrogen) atoms. The van der Waals surface area contributed by atoms with Crippen LogP contribution in [-0.4, -0.2) is 42.4 Å². The van der Waals surface area contributed by atoms with Gasteiger partial charge in [-0.2, -0.15) is 9.78 Å². The Kier molecular flexibility index (Phi) is 7.45. The zero-order valence-electron chi connectivity index (χ0n) is 20.3. The van der Waals surface area contributed by atoms with E-state index in [1.54, 1.807) is 42.5 Å². The Morgan fingerprint density at radius 2 is 1.77 bits per heavy atom. The third-order valence-electron chi connectivity index (χ3n) is 5.97. The predicted octanol–water partition coefficient (Wildman–Crippen LogP) is 4.35. The van der Waals surface area contributed by atoms with Crippen LogP contribution in [-0.2, 0) is 0 Å². The molecule has 3 aromatic carbocycles. The van der Waals surface area contributed by atoms with Gasteiger partial charge in [0.05, 0.1) is 12.5 Å². The zero-order chi connectivity index (χ0) is 24.8. The molecule has 0 unspecified atom stereocenters. The summed E-state index contributed by atoms with van der Waals surface area (Å²) in [6.45, 7) is 6.39. The minimum atomic E-state index is -0.316. The summed E-state index contributed by atoms with van der Waals surface area (Å²) in [5, 5.41) is 8.40. The number of fused-ring (bicyclic) bond motifs is 1. The molecular formula is C28H30N4O3. The molecule has 1 heterocycles. The number of aromatic nitrogens is 2. The number of hydrogen-bond donors (Lipinski definition) is 1. The number of para-hydroxylation sites is 2. The monoisotopic (exact) mass is 470 g/mol. The first-order valence-electron chi connectivity index (χ1n) is 11.8. The summed E-state index contributed by atoms with van der Waals surface area (Å²) >= 11 is 0. The molecule has 0 aliphatic carbocycles. The summed E-state index contributed by atoms with van der Waals surface area (Å²) in [5.74, 6) is 0.183. The maximum absolute atomic E-state index is 13.2. The molecule has 0 radical (unpaired) electrons. The van der Waals surface area contributed by atoms with Crippen molar-refractivity contribution < 1.29 is 9.53 Å². The number of carbonyl (C=O) groups is 1. The van der Waals surface area contributed by atoms with Gasteiger partial charge in [-0.15, -0.1) is 0 Å². The fraction of sp³-hybridized carbons (Fsp3) is 0.250. The molecule has 180 valence electrons. The molecule has 1 N–H and O–H groups in total. The van der Waals surface area contributed by atoms with Crippen LogP contribution in [0.15, 0.2) is 77.6 Å². The molecule has 0 saturated carbocycles. The number of amides is 1. The van der Waals surface area contributed by atoms with Crippen LogP contribution in [0.3, 0.4) is 0 Å². The van der Waals surface area contributed by atoms with Crippen LogP contribution >= 0.6 is 0 Å². The number of methoxy groups -OCH3 is 1. The van der Waals surface area contributed by atoms with Gasteiger partial charge in [-0.05, 0) is 56.2 Å². The summed E-state index contributed by atoms with van der Waals surface area (Å²) in [4.78, 5) is 28.7. The van der Waals surface area contributed by atoms with Crippen molar-refractivity contribution in [2.45, 2.75) is 20.3 Å². The van der Waals surface area contributed by atoms with E-state index in [9.17, 15) is 9.59 Å². The summed E-state index contributed by atoms with van der Waals surface area (Å²) in [7, 11) is 1.54. The van der Waals surface area contributed by atoms with Crippen molar-refractivity contribution in [3.8, 4) is 11.4 Å². The standard InChI is InChI=1S/C28H30N4O3/c1-4-31(21-12-9-11-20(2)19-21)18-10-17-29-27(33)26-22-13-5-6-14-23(22)28(34)32(30-26)24-15-7-8-16-25(24)35-3/h5-9,11-16,19H,4,10,17-18H2,1-3H3,(H,29,33). The van der Waals surface area contributed by atoms with Crippen LogP contribution in [0.1, 0.15) is 29.4 Å². The maximum atomic E-state index is 13.2. The van der Waals surface area contributed by atoms with Gasteiger partial charge in [0, 0.05) is 30.7 Å². The number of ether oxygens (including phenoxy) is 1. The molecule has 0 spiro atoms. The molecule has 4 aromatic rings. The van der Waals surface area contributed by atoms with E-state index >= 15 is 0 Å². The molecule has 0 atom stereocenters. The SMILES string of the molecule is CCN(CCCNC(=O)c1nn(-c2ccccc2OC)c(=O)c2ccccc12)c1cccc(C)c1. The highest BCUT2D eigenvalue weighted by Gasteiger charge is 2.18. The number of nitrogens with one attached hydrogen (secondary N) is 1. The molecule has 0 saturated heterocycles. The number of hydrogen-bond acceptors (Lipinski definition) is 5. The van der Waals surface area contributed by atoms with Gasteiger partial charge in [0.1, 0.15) is 11.4 Å². The van der Waals surface area contributed by atoms with E-state index in [0.29, 0.717) is 28.8 Å². The molecule has 7 heteroatoms. The van der Waals surface area contributed by atoms with Crippen molar-refractivity contribution in [1.29, 1.82) is 0 Å². The van der Waals surface area contributed by atoms with Gasteiger partial charge in [-0.25, -0.2) is 0 Å². The lowest BCUT2D eigenvalue weighted by Crippen LogP contribution is -2.32. The Morgan fingerprint density at radius 1 is 1.03 bits per heavy atom. The van der Waals surface area contributed by atoms with Gasteiger partial charge >= 0.3 is 0 Å². The quantitative estimate of drug-likeness (QED) is 0.368. The second-order valence-corrected chi connectivity index (χ2v) is 8.31. The van der Waals surface area contributed by atoms with Crippen molar-refractivity contribution in [3.05, 3.63) is 94.4 Å². The maximum Gasteiger partial charge on any atom is 0.279 e. The number of aryl methyl sites for hydroxylation is 1. The number of carbonyl (C=O) groups excluding carboxylic acids is 1. The third-order valence-corrected chi connectivity index (χ3v) is 5.97. The van der Waals surface area contributed by atoms with Crippen molar-refractivity contribution in [2.75, 3.05) is 31.6 Å². The lowest BCUT2D eigenvalue weighted by Gasteiger charge is -2.23. The Hall–Kier alpha value is -4.13. The summed E-state index contributed by atoms with van der Waals surface area (Å²) < 4.78 is 6.66. The van der Waals surface area contributed by atoms with E-state index in [2.05, 4.69) is 53.4 Å². The van der Waals surface area contributed by atoms with Crippen LogP contribution < -0.4 is 20.5 Å². The lowest BCUT2D eigenvalue weighted by molar-refractivity contribution is 0.0948. The van der Waals surface area contributed by atoms with Crippen LogP contribution in [0.4, 0.5) is 5.69 Å². The van der Waals surface area contributed by atoms with E-state index < -0.39 is 0 Å². The van der Waals surface area contributed by atoms with Crippen LogP contribution in [0.5, 0.6) is 5.75 Å². The van der Waals surface area contributed by atoms with Gasteiger partial charge in [0.25, 0.3) is 11.5 Å². The summed E-state index contributed by atoms with van der Waals surface area (Å²) in [6, 6.07) is 22.6. The lowest BCUT2D eigenvalue weighted by atomic mass is 10.1. The van der Waals surface area contributed by atoms with Gasteiger partial charge in [0.15, 0.2) is 5.69 Å². The Balaban J connectivity index is 1.56. The predicted molar refractivity (Wildman–Crippen MR) is 140 cm³/mol. The minimum Gasteiger partial charge on any atom is -0.494 e. The molecular weight excluding hydrogens is 440 g/mol. The molecule has 4 rings (SSSR count). The first-order chi connectivity index (χ1) is 17.0. The largest absolute Gasteiger partial charge is 0.494 e. The fourth-order valence-corrected chi connectivity index (χ4v) is 4.18. The van der Waals surface area contributed by atoms with E-state index in [-0.39, 0.29) is 17.2 Å². The van der Waals surface area contributed by atoms with E-state index in [0.717, 1.165) is 19.5 Å². The highest BCUT2D eigenvalue weighted by atomic mass is 16.5. The van der Waals surface area contributed by atoms with Crippen molar-refractivity contribution >= 4 is 22.4 Å². The molecule has 0 bridgehead atoms. The second kappa shape index (κ2) is 10.9. The summed E-state index contributed by atoms with van der Waals surface area (Å²) in [6.07, 6.45) is 0.775. The van der Waals surface area contributed by atoms with Crippen molar-refractivity contribution in [3.63, 3.8) is 0 Å². The smallest absolute Gasteiger partial charge is 0.279 e. The van der Waals surface area contributed by atoms with Crippen LogP contribution in [0.2, 0.25) is 0 Å². The normalized spacial score (nSPS) is 10.8. The van der Waals surface area contributed by atoms with Crippen molar-refractivity contribution in [2.24, 2.45) is 0 Å². The minimum absolute atomic E-state index is 0.206. The van der Waals surface area contributed by atoms with Gasteiger partial charge in [0.2, 0.25) is 0 Å². The Labute approximate surface area is 205 Å². The highest BCUT2D eigenvalue weighted by molar-refractivity contribution is 6.04. The van der Waals surface area contributed by atoms with Crippen LogP contribution in [0.25, 0.3) is 16.5 Å². The van der Waals surface area contributed by atoms with E-state index in [1.165, 1.54) is 23.0 Å². The fourth-order valence-electron chi connectivity index (χ4n) is 4.18. The first-order valence-corrected chi connectivity index (χ1v) is 11.8. The molecule has 0 aliphatic heterocycles. The Morgan fingerprint density at radius 3 is 2.51 bits per heavy atom. The number of nitrogens with zero attached hydrogens (tertiary/aromatic N) is 3. The third kappa shape index (κ3) is 5.19. The van der Waals surface area contributed by atoms with Gasteiger partial charge < -0.3 is 15.0 Å². The van der Waals surface area contributed by atoms with Crippen molar-refractivity contribution in [1.82, 2.24) is 15.1 Å². The molecule has 0 fully saturated rings. The summed E-state index contributed by atoms with van der Waals surface area (Å²) in [5.41, 5.74) is 2.78. The Bertz CT molecular complexity index is 1400. The zero-order valence-corrected chi connectivity index (χ0v) is 20.3. The van der Waals surface area contributed by atoms with Gasteiger partial charge in [-0.1, -0.05) is 42.5 Å². The number of rotatable bonds is 9. The number of benzene rings is 3. The van der Waals surface area contributed by atoms with Crippen LogP contribution in [0, 0.1) is 6.92 Å². The molecule has 1 aromatic heterocycles.